The lowest BCUT2D eigenvalue weighted by Gasteiger charge is -2.55. The van der Waals surface area contributed by atoms with E-state index in [9.17, 15) is 0 Å². The van der Waals surface area contributed by atoms with Crippen LogP contribution in [-0.2, 0) is 4.74 Å². The molecule has 2 bridgehead atoms. The minimum atomic E-state index is 0.221. The van der Waals surface area contributed by atoms with Gasteiger partial charge in [-0.2, -0.15) is 0 Å². The number of nitrogens with zero attached hydrogens (tertiary/aromatic N) is 2. The van der Waals surface area contributed by atoms with E-state index in [0.717, 1.165) is 49.5 Å². The molecule has 6 unspecified atom stereocenters. The van der Waals surface area contributed by atoms with Crippen LogP contribution in [0.5, 0.6) is 0 Å². The van der Waals surface area contributed by atoms with Crippen LogP contribution in [0.3, 0.4) is 0 Å². The van der Waals surface area contributed by atoms with Gasteiger partial charge in [-0.25, -0.2) is 0 Å². The molecule has 1 saturated carbocycles. The molecule has 0 aromatic carbocycles. The van der Waals surface area contributed by atoms with Crippen LogP contribution in [-0.4, -0.2) is 72.9 Å². The normalized spacial score (nSPS) is 46.7. The Labute approximate surface area is 171 Å². The molecule has 6 aliphatic heterocycles. The van der Waals surface area contributed by atoms with E-state index in [1.165, 1.54) is 90.3 Å². The molecule has 7 aliphatic rings. The van der Waals surface area contributed by atoms with Gasteiger partial charge in [0, 0.05) is 31.2 Å². The molecule has 0 amide bonds. The van der Waals surface area contributed by atoms with E-state index >= 15 is 0 Å². The quantitative estimate of drug-likeness (QED) is 0.787. The summed E-state index contributed by atoms with van der Waals surface area (Å²) in [6.45, 7) is 7.52. The predicted molar refractivity (Wildman–Crippen MR) is 112 cm³/mol. The van der Waals surface area contributed by atoms with Crippen LogP contribution in [0.15, 0.2) is 0 Å². The Morgan fingerprint density at radius 2 is 1.64 bits per heavy atom. The van der Waals surface area contributed by atoms with E-state index in [4.69, 9.17) is 4.74 Å². The third-order valence-corrected chi connectivity index (χ3v) is 9.80. The summed E-state index contributed by atoms with van der Waals surface area (Å²) in [6.07, 6.45) is 15.7. The first-order chi connectivity index (χ1) is 13.8. The fraction of sp³-hybridized carbons (Fsp3) is 1.00. The molecule has 7 fully saturated rings. The highest BCUT2D eigenvalue weighted by Gasteiger charge is 2.50. The van der Waals surface area contributed by atoms with E-state index in [2.05, 4.69) is 15.1 Å². The molecule has 1 N–H and O–H groups in total. The summed E-state index contributed by atoms with van der Waals surface area (Å²) in [7, 11) is 0. The van der Waals surface area contributed by atoms with E-state index in [0.29, 0.717) is 6.04 Å². The van der Waals surface area contributed by atoms with Crippen molar-refractivity contribution in [3.05, 3.63) is 0 Å². The van der Waals surface area contributed by atoms with Crippen molar-refractivity contribution in [2.45, 2.75) is 94.4 Å². The molecular weight excluding hydrogens is 346 g/mol. The number of ether oxygens (including phenoxy) is 1. The molecule has 1 aliphatic carbocycles. The van der Waals surface area contributed by atoms with E-state index in [-0.39, 0.29) is 5.60 Å². The molecule has 0 radical (unpaired) electrons. The van der Waals surface area contributed by atoms with E-state index in [1.54, 1.807) is 0 Å². The highest BCUT2D eigenvalue weighted by atomic mass is 16.5. The second-order valence-corrected chi connectivity index (χ2v) is 11.2. The minimum absolute atomic E-state index is 0.221. The third kappa shape index (κ3) is 3.27. The second-order valence-electron chi connectivity index (χ2n) is 11.2. The Morgan fingerprint density at radius 3 is 2.46 bits per heavy atom. The molecule has 158 valence electrons. The molecular formula is C24H41N3O. The van der Waals surface area contributed by atoms with Gasteiger partial charge < -0.3 is 15.0 Å². The molecule has 4 nitrogen and oxygen atoms in total. The lowest BCUT2D eigenvalue weighted by atomic mass is 9.64. The molecule has 28 heavy (non-hydrogen) atoms. The summed E-state index contributed by atoms with van der Waals surface area (Å²) < 4.78 is 6.47. The van der Waals surface area contributed by atoms with Crippen molar-refractivity contribution in [1.82, 2.24) is 15.1 Å². The number of rotatable bonds is 2. The zero-order chi connectivity index (χ0) is 18.6. The van der Waals surface area contributed by atoms with Crippen LogP contribution >= 0.6 is 0 Å². The van der Waals surface area contributed by atoms with Crippen molar-refractivity contribution in [3.8, 4) is 0 Å². The molecule has 1 spiro atoms. The van der Waals surface area contributed by atoms with Gasteiger partial charge in [-0.1, -0.05) is 6.42 Å². The molecule has 4 heteroatoms. The van der Waals surface area contributed by atoms with Gasteiger partial charge in [0.05, 0.1) is 12.2 Å². The maximum atomic E-state index is 6.47. The molecule has 6 heterocycles. The predicted octanol–water partition coefficient (Wildman–Crippen LogP) is 3.26. The number of piperidine rings is 5. The zero-order valence-corrected chi connectivity index (χ0v) is 17.8. The largest absolute Gasteiger partial charge is 0.373 e. The average molecular weight is 388 g/mol. The van der Waals surface area contributed by atoms with Gasteiger partial charge in [-0.15, -0.1) is 0 Å². The molecule has 6 atom stereocenters. The summed E-state index contributed by atoms with van der Waals surface area (Å²) >= 11 is 0. The zero-order valence-electron chi connectivity index (χ0n) is 17.8. The number of nitrogens with one attached hydrogen (secondary N) is 1. The monoisotopic (exact) mass is 387 g/mol. The van der Waals surface area contributed by atoms with Crippen molar-refractivity contribution in [3.63, 3.8) is 0 Å². The Morgan fingerprint density at radius 1 is 0.821 bits per heavy atom. The van der Waals surface area contributed by atoms with Crippen LogP contribution in [0, 0.1) is 17.8 Å². The summed E-state index contributed by atoms with van der Waals surface area (Å²) in [5, 5.41) is 3.52. The first kappa shape index (κ1) is 18.6. The molecule has 0 aromatic rings. The number of hydrogen-bond donors (Lipinski definition) is 1. The van der Waals surface area contributed by atoms with Crippen LogP contribution in [0.2, 0.25) is 0 Å². The topological polar surface area (TPSA) is 27.7 Å². The summed E-state index contributed by atoms with van der Waals surface area (Å²) in [5.41, 5.74) is 0.221. The van der Waals surface area contributed by atoms with Crippen molar-refractivity contribution in [2.75, 3.05) is 39.3 Å². The fourth-order valence-corrected chi connectivity index (χ4v) is 8.26. The van der Waals surface area contributed by atoms with Crippen molar-refractivity contribution in [2.24, 2.45) is 17.8 Å². The third-order valence-electron chi connectivity index (χ3n) is 9.80. The van der Waals surface area contributed by atoms with Crippen LogP contribution in [0.1, 0.15) is 70.6 Å². The molecule has 7 rings (SSSR count). The minimum Gasteiger partial charge on any atom is -0.373 e. The highest BCUT2D eigenvalue weighted by Crippen LogP contribution is 2.48. The van der Waals surface area contributed by atoms with Crippen LogP contribution in [0.25, 0.3) is 0 Å². The summed E-state index contributed by atoms with van der Waals surface area (Å²) in [5.74, 6) is 2.99. The van der Waals surface area contributed by atoms with Crippen molar-refractivity contribution < 1.29 is 4.74 Å². The maximum absolute atomic E-state index is 6.47. The first-order valence-electron chi connectivity index (χ1n) is 12.6. The maximum Gasteiger partial charge on any atom is 0.0723 e. The second kappa shape index (κ2) is 7.51. The fourth-order valence-electron chi connectivity index (χ4n) is 8.26. The van der Waals surface area contributed by atoms with Crippen LogP contribution < -0.4 is 5.32 Å². The van der Waals surface area contributed by atoms with Crippen molar-refractivity contribution >= 4 is 0 Å². The SMILES string of the molecule is C1CCN2CC(C3CC4CCC3CN4C3COC4(CCNCC4)C3)CCC2C1. The number of hydrogen-bond acceptors (Lipinski definition) is 4. The Kier molecular flexibility index (Phi) is 4.99. The lowest BCUT2D eigenvalue weighted by molar-refractivity contribution is -0.0619. The van der Waals surface area contributed by atoms with E-state index in [1.807, 2.05) is 0 Å². The Hall–Kier alpha value is -0.160. The molecule has 0 aromatic heterocycles. The Bertz CT molecular complexity index is 544. The van der Waals surface area contributed by atoms with Gasteiger partial charge in [0.25, 0.3) is 0 Å². The van der Waals surface area contributed by atoms with Crippen molar-refractivity contribution in [1.29, 1.82) is 0 Å². The molecule has 6 saturated heterocycles. The average Bonchev–Trinajstić information content (AvgIpc) is 3.17. The van der Waals surface area contributed by atoms with Gasteiger partial charge in [0.2, 0.25) is 0 Å². The van der Waals surface area contributed by atoms with Crippen LogP contribution in [0.4, 0.5) is 0 Å². The summed E-state index contributed by atoms with van der Waals surface area (Å²) in [4.78, 5) is 5.83. The van der Waals surface area contributed by atoms with Gasteiger partial charge in [-0.05, 0) is 102 Å². The van der Waals surface area contributed by atoms with Gasteiger partial charge in [-0.3, -0.25) is 4.90 Å². The Balaban J connectivity index is 1.09. The lowest BCUT2D eigenvalue weighted by Crippen LogP contribution is -2.59. The smallest absolute Gasteiger partial charge is 0.0723 e. The first-order valence-corrected chi connectivity index (χ1v) is 12.6. The van der Waals surface area contributed by atoms with Gasteiger partial charge in [0.15, 0.2) is 0 Å². The summed E-state index contributed by atoms with van der Waals surface area (Å²) in [6, 6.07) is 2.52. The standard InChI is InChI=1S/C24H41N3O/c1-2-12-26-15-18(4-6-20(26)3-1)23-13-21-7-5-19(23)16-27(21)22-14-24(28-17-22)8-10-25-11-9-24/h18-23,25H,1-17H2. The van der Waals surface area contributed by atoms with E-state index < -0.39 is 0 Å². The van der Waals surface area contributed by atoms with Gasteiger partial charge >= 0.3 is 0 Å². The number of fused-ring (bicyclic) bond motifs is 4. The van der Waals surface area contributed by atoms with Gasteiger partial charge in [0.1, 0.15) is 0 Å². The highest BCUT2D eigenvalue weighted by molar-refractivity contribution is 5.03.